The van der Waals surface area contributed by atoms with Gasteiger partial charge in [0.15, 0.2) is 6.10 Å². The minimum atomic E-state index is -1.11. The molecule has 1 aromatic carbocycles. The van der Waals surface area contributed by atoms with Gasteiger partial charge in [-0.15, -0.1) is 0 Å². The molecule has 0 saturated carbocycles. The van der Waals surface area contributed by atoms with Crippen LogP contribution in [0.25, 0.3) is 6.08 Å². The van der Waals surface area contributed by atoms with E-state index in [1.807, 2.05) is 6.07 Å². The number of nitrogens with zero attached hydrogens (tertiary/aromatic N) is 2. The molecule has 1 amide bonds. The number of nitrogens with one attached hydrogen (secondary N) is 1. The maximum absolute atomic E-state index is 12.1. The van der Waals surface area contributed by atoms with E-state index in [1.165, 1.54) is 19.3 Å². The van der Waals surface area contributed by atoms with Gasteiger partial charge in [-0.25, -0.2) is 4.79 Å². The first-order valence-corrected chi connectivity index (χ1v) is 7.21. The Morgan fingerprint density at radius 2 is 1.96 bits per heavy atom. The topological polar surface area (TPSA) is 116 Å². The van der Waals surface area contributed by atoms with E-state index in [1.54, 1.807) is 42.5 Å². The third-order valence-corrected chi connectivity index (χ3v) is 3.10. The Balaban J connectivity index is 1.98. The summed E-state index contributed by atoms with van der Waals surface area (Å²) in [5, 5.41) is 20.3. The molecule has 1 aromatic heterocycles. The number of carbonyl (C=O) groups excluding carboxylic acids is 2. The maximum Gasteiger partial charge on any atom is 0.349 e. The van der Waals surface area contributed by atoms with Crippen molar-refractivity contribution in [3.8, 4) is 12.1 Å². The predicted octanol–water partition coefficient (Wildman–Crippen LogP) is 2.63. The van der Waals surface area contributed by atoms with Crippen molar-refractivity contribution in [1.29, 1.82) is 10.5 Å². The summed E-state index contributed by atoms with van der Waals surface area (Å²) in [4.78, 5) is 24.0. The highest BCUT2D eigenvalue weighted by molar-refractivity contribution is 6.00. The number of ether oxygens (including phenoxy) is 1. The Morgan fingerprint density at radius 3 is 2.52 bits per heavy atom. The van der Waals surface area contributed by atoms with E-state index < -0.39 is 18.0 Å². The number of hydrogen-bond acceptors (Lipinski definition) is 6. The van der Waals surface area contributed by atoms with E-state index >= 15 is 0 Å². The van der Waals surface area contributed by atoms with Crippen molar-refractivity contribution < 1.29 is 18.7 Å². The number of anilines is 1. The van der Waals surface area contributed by atoms with Crippen molar-refractivity contribution in [2.24, 2.45) is 0 Å². The lowest BCUT2D eigenvalue weighted by atomic mass is 10.2. The highest BCUT2D eigenvalue weighted by Gasteiger charge is 2.21. The molecule has 0 fully saturated rings. The van der Waals surface area contributed by atoms with E-state index in [2.05, 4.69) is 5.32 Å². The number of amides is 1. The lowest BCUT2D eigenvalue weighted by molar-refractivity contribution is -0.148. The fraction of sp³-hybridized carbons (Fsp3) is 0.111. The lowest BCUT2D eigenvalue weighted by Crippen LogP contribution is -2.30. The molecular formula is C18H13N3O4. The molecule has 124 valence electrons. The van der Waals surface area contributed by atoms with Crippen molar-refractivity contribution in [3.63, 3.8) is 0 Å². The van der Waals surface area contributed by atoms with Crippen LogP contribution in [0.4, 0.5) is 5.69 Å². The van der Waals surface area contributed by atoms with Crippen LogP contribution in [0.15, 0.2) is 52.7 Å². The number of carbonyl (C=O) groups is 2. The molecule has 0 bridgehead atoms. The molecule has 0 aliphatic heterocycles. The van der Waals surface area contributed by atoms with Crippen LogP contribution in [0.1, 0.15) is 18.2 Å². The SMILES string of the molecule is C[C@@H](OC(=O)/C(C#N)=C/c1ccco1)C(=O)Nc1ccc(C#N)cc1. The van der Waals surface area contributed by atoms with Crippen molar-refractivity contribution in [3.05, 3.63) is 59.6 Å². The largest absolute Gasteiger partial charge is 0.465 e. The molecule has 25 heavy (non-hydrogen) atoms. The number of hydrogen-bond donors (Lipinski definition) is 1. The predicted molar refractivity (Wildman–Crippen MR) is 87.6 cm³/mol. The minimum Gasteiger partial charge on any atom is -0.465 e. The average molecular weight is 335 g/mol. The molecule has 0 aliphatic rings. The van der Waals surface area contributed by atoms with Gasteiger partial charge < -0.3 is 14.5 Å². The molecule has 0 unspecified atom stereocenters. The van der Waals surface area contributed by atoms with E-state index in [0.29, 0.717) is 17.0 Å². The fourth-order valence-electron chi connectivity index (χ4n) is 1.80. The van der Waals surface area contributed by atoms with Gasteiger partial charge in [0.05, 0.1) is 17.9 Å². The normalized spacial score (nSPS) is 11.7. The van der Waals surface area contributed by atoms with Gasteiger partial charge in [0, 0.05) is 11.8 Å². The molecule has 1 heterocycles. The van der Waals surface area contributed by atoms with Gasteiger partial charge >= 0.3 is 5.97 Å². The van der Waals surface area contributed by atoms with Crippen molar-refractivity contribution in [2.75, 3.05) is 5.32 Å². The first-order valence-electron chi connectivity index (χ1n) is 7.21. The minimum absolute atomic E-state index is 0.284. The molecule has 1 N–H and O–H groups in total. The molecule has 0 aliphatic carbocycles. The van der Waals surface area contributed by atoms with Gasteiger partial charge in [-0.05, 0) is 43.3 Å². The summed E-state index contributed by atoms with van der Waals surface area (Å²) in [6.45, 7) is 1.39. The van der Waals surface area contributed by atoms with Crippen LogP contribution in [0.3, 0.4) is 0 Å². The molecule has 0 spiro atoms. The second-order valence-electron chi connectivity index (χ2n) is 4.91. The summed E-state index contributed by atoms with van der Waals surface area (Å²) in [6.07, 6.45) is 1.52. The molecule has 1 atom stereocenters. The highest BCUT2D eigenvalue weighted by Crippen LogP contribution is 2.12. The van der Waals surface area contributed by atoms with E-state index in [4.69, 9.17) is 19.7 Å². The second-order valence-corrected chi connectivity index (χ2v) is 4.91. The molecule has 0 radical (unpaired) electrons. The van der Waals surface area contributed by atoms with Crippen LogP contribution < -0.4 is 5.32 Å². The molecule has 7 nitrogen and oxygen atoms in total. The first kappa shape index (κ1) is 17.5. The molecule has 7 heteroatoms. The van der Waals surface area contributed by atoms with Gasteiger partial charge in [0.1, 0.15) is 17.4 Å². The van der Waals surface area contributed by atoms with Crippen molar-refractivity contribution in [1.82, 2.24) is 0 Å². The summed E-state index contributed by atoms with van der Waals surface area (Å²) < 4.78 is 10.0. The summed E-state index contributed by atoms with van der Waals surface area (Å²) in [6, 6.07) is 13.1. The number of benzene rings is 1. The van der Waals surface area contributed by atoms with Crippen LogP contribution in [-0.2, 0) is 14.3 Å². The molecular weight excluding hydrogens is 322 g/mol. The van der Waals surface area contributed by atoms with Gasteiger partial charge in [0.2, 0.25) is 0 Å². The standard InChI is InChI=1S/C18H13N3O4/c1-12(17(22)21-15-6-4-13(10-19)5-7-15)25-18(23)14(11-20)9-16-3-2-8-24-16/h2-9,12H,1H3,(H,21,22)/b14-9+/t12-/m1/s1. The zero-order valence-corrected chi connectivity index (χ0v) is 13.2. The number of furan rings is 1. The Morgan fingerprint density at radius 1 is 1.24 bits per heavy atom. The van der Waals surface area contributed by atoms with E-state index in [0.717, 1.165) is 0 Å². The monoisotopic (exact) mass is 335 g/mol. The van der Waals surface area contributed by atoms with Crippen LogP contribution in [0.5, 0.6) is 0 Å². The second kappa shape index (κ2) is 8.14. The zero-order valence-electron chi connectivity index (χ0n) is 13.2. The third kappa shape index (κ3) is 4.81. The van der Waals surface area contributed by atoms with Crippen LogP contribution in [0.2, 0.25) is 0 Å². The molecule has 2 rings (SSSR count). The van der Waals surface area contributed by atoms with Crippen molar-refractivity contribution in [2.45, 2.75) is 13.0 Å². The van der Waals surface area contributed by atoms with Gasteiger partial charge in [-0.3, -0.25) is 4.79 Å². The Hall–Kier alpha value is -3.84. The average Bonchev–Trinajstić information content (AvgIpc) is 3.13. The Kier molecular flexibility index (Phi) is 5.70. The smallest absolute Gasteiger partial charge is 0.349 e. The van der Waals surface area contributed by atoms with E-state index in [-0.39, 0.29) is 5.57 Å². The highest BCUT2D eigenvalue weighted by atomic mass is 16.5. The Bertz CT molecular complexity index is 869. The number of esters is 1. The Labute approximate surface area is 143 Å². The summed E-state index contributed by atoms with van der Waals surface area (Å²) in [5.41, 5.74) is 0.630. The quantitative estimate of drug-likeness (QED) is 0.510. The first-order chi connectivity index (χ1) is 12.0. The van der Waals surface area contributed by atoms with Crippen LogP contribution in [0, 0.1) is 22.7 Å². The summed E-state index contributed by atoms with van der Waals surface area (Å²) in [7, 11) is 0. The summed E-state index contributed by atoms with van der Waals surface area (Å²) >= 11 is 0. The van der Waals surface area contributed by atoms with Crippen molar-refractivity contribution >= 4 is 23.6 Å². The lowest BCUT2D eigenvalue weighted by Gasteiger charge is -2.13. The number of nitriles is 2. The fourth-order valence-corrected chi connectivity index (χ4v) is 1.80. The molecule has 0 saturated heterocycles. The number of rotatable bonds is 5. The van der Waals surface area contributed by atoms with E-state index in [9.17, 15) is 9.59 Å². The van der Waals surface area contributed by atoms with Gasteiger partial charge in [-0.1, -0.05) is 0 Å². The third-order valence-electron chi connectivity index (χ3n) is 3.10. The van der Waals surface area contributed by atoms with Crippen LogP contribution in [-0.4, -0.2) is 18.0 Å². The summed E-state index contributed by atoms with van der Waals surface area (Å²) in [5.74, 6) is -1.17. The molecule has 2 aromatic rings. The van der Waals surface area contributed by atoms with Gasteiger partial charge in [-0.2, -0.15) is 10.5 Å². The zero-order chi connectivity index (χ0) is 18.2. The van der Waals surface area contributed by atoms with Gasteiger partial charge in [0.25, 0.3) is 5.91 Å². The van der Waals surface area contributed by atoms with Crippen LogP contribution >= 0.6 is 0 Å². The maximum atomic E-state index is 12.1.